The molecular weight excluding hydrogens is 833 g/mol. The standard InChI is InChI=1S/C49H66N6O10/c1-48(2,3)64-44(57)22-21-41(45(58)50-24-27-61-29-30-62-28-25-51-46(59)65-49(4,5)6)52-43(56)23-26-55-35(31-34-15-9-14-20-42(34)55)32-53(7)54(8)47(60)63-33-40-38-18-12-10-16-36(38)37-17-11-13-19-39(37)40/h9-20,31,40-41H,21-30,32-33H2,1-8H3,(H,50,58)(H,51,59)(H,52,56). The van der Waals surface area contributed by atoms with E-state index in [2.05, 4.69) is 40.2 Å². The molecule has 352 valence electrons. The zero-order valence-corrected chi connectivity index (χ0v) is 39.1. The van der Waals surface area contributed by atoms with Gasteiger partial charge in [-0.1, -0.05) is 66.7 Å². The van der Waals surface area contributed by atoms with Gasteiger partial charge < -0.3 is 44.2 Å². The van der Waals surface area contributed by atoms with Crippen molar-refractivity contribution in [2.75, 3.05) is 60.2 Å². The Bertz CT molecular complexity index is 2200. The lowest BCUT2D eigenvalue weighted by Gasteiger charge is -2.28. The van der Waals surface area contributed by atoms with Crippen LogP contribution in [0.3, 0.4) is 0 Å². The highest BCUT2D eigenvalue weighted by Crippen LogP contribution is 2.44. The molecule has 16 nitrogen and oxygen atoms in total. The maximum Gasteiger partial charge on any atom is 0.424 e. The number of esters is 1. The molecule has 0 spiro atoms. The maximum atomic E-state index is 13.6. The van der Waals surface area contributed by atoms with Crippen molar-refractivity contribution in [1.29, 1.82) is 0 Å². The van der Waals surface area contributed by atoms with E-state index in [1.54, 1.807) is 60.6 Å². The van der Waals surface area contributed by atoms with E-state index < -0.39 is 41.3 Å². The van der Waals surface area contributed by atoms with Crippen LogP contribution in [-0.4, -0.2) is 122 Å². The fourth-order valence-corrected chi connectivity index (χ4v) is 7.46. The van der Waals surface area contributed by atoms with Crippen LogP contribution in [0.1, 0.15) is 83.5 Å². The number of alkyl carbamates (subject to hydrolysis) is 1. The number of hydrazine groups is 1. The van der Waals surface area contributed by atoms with Crippen molar-refractivity contribution >= 4 is 40.9 Å². The Morgan fingerprint density at radius 2 is 1.31 bits per heavy atom. The summed E-state index contributed by atoms with van der Waals surface area (Å²) in [5.74, 6) is -1.39. The van der Waals surface area contributed by atoms with Crippen LogP contribution in [0.25, 0.3) is 22.0 Å². The minimum Gasteiger partial charge on any atom is -0.460 e. The molecule has 4 aromatic rings. The van der Waals surface area contributed by atoms with E-state index in [1.165, 1.54) is 5.01 Å². The van der Waals surface area contributed by atoms with Crippen LogP contribution in [0.5, 0.6) is 0 Å². The molecule has 65 heavy (non-hydrogen) atoms. The molecule has 0 aliphatic heterocycles. The Morgan fingerprint density at radius 3 is 1.94 bits per heavy atom. The molecule has 3 aromatic carbocycles. The molecule has 1 aromatic heterocycles. The number of nitrogens with zero attached hydrogens (tertiary/aromatic N) is 3. The number of rotatable bonds is 22. The molecule has 1 aliphatic rings. The Balaban J connectivity index is 1.12. The zero-order valence-electron chi connectivity index (χ0n) is 39.1. The molecule has 1 atom stereocenters. The Kier molecular flexibility index (Phi) is 17.9. The van der Waals surface area contributed by atoms with Crippen molar-refractivity contribution in [2.24, 2.45) is 0 Å². The van der Waals surface area contributed by atoms with Crippen LogP contribution in [-0.2, 0) is 51.2 Å². The molecular formula is C49H66N6O10. The van der Waals surface area contributed by atoms with Gasteiger partial charge in [-0.2, -0.15) is 0 Å². The number of amides is 4. The van der Waals surface area contributed by atoms with Gasteiger partial charge in [-0.05, 0) is 87.7 Å². The average molecular weight is 899 g/mol. The van der Waals surface area contributed by atoms with Crippen LogP contribution >= 0.6 is 0 Å². The summed E-state index contributed by atoms with van der Waals surface area (Å²) in [5, 5.41) is 12.4. The van der Waals surface area contributed by atoms with Gasteiger partial charge in [0.1, 0.15) is 23.9 Å². The van der Waals surface area contributed by atoms with Gasteiger partial charge in [0, 0.05) is 63.7 Å². The van der Waals surface area contributed by atoms with Gasteiger partial charge >= 0.3 is 18.2 Å². The Hall–Kier alpha value is -5.97. The van der Waals surface area contributed by atoms with Crippen LogP contribution in [0.4, 0.5) is 9.59 Å². The first kappa shape index (κ1) is 50.0. The summed E-state index contributed by atoms with van der Waals surface area (Å²) in [6.07, 6.45) is -1.03. The molecule has 0 saturated heterocycles. The second-order valence-corrected chi connectivity index (χ2v) is 17.9. The monoisotopic (exact) mass is 898 g/mol. The fourth-order valence-electron chi connectivity index (χ4n) is 7.46. The number of carbonyl (C=O) groups excluding carboxylic acids is 5. The number of aromatic nitrogens is 1. The van der Waals surface area contributed by atoms with Gasteiger partial charge in [0.15, 0.2) is 0 Å². The second kappa shape index (κ2) is 23.3. The first-order chi connectivity index (χ1) is 30.9. The summed E-state index contributed by atoms with van der Waals surface area (Å²) in [5.41, 5.74) is 5.06. The first-order valence-corrected chi connectivity index (χ1v) is 22.2. The number of carbonyl (C=O) groups is 5. The normalized spacial score (nSPS) is 12.9. The molecule has 3 N–H and O–H groups in total. The van der Waals surface area contributed by atoms with E-state index in [0.717, 1.165) is 38.9 Å². The Labute approximate surface area is 382 Å². The van der Waals surface area contributed by atoms with Crippen molar-refractivity contribution < 1.29 is 47.7 Å². The average Bonchev–Trinajstić information content (AvgIpc) is 3.76. The van der Waals surface area contributed by atoms with E-state index in [-0.39, 0.29) is 83.8 Å². The highest BCUT2D eigenvalue weighted by atomic mass is 16.6. The summed E-state index contributed by atoms with van der Waals surface area (Å²) < 4.78 is 29.6. The fraction of sp³-hybridized carbons (Fsp3) is 0.490. The minimum atomic E-state index is -1.01. The molecule has 0 fully saturated rings. The van der Waals surface area contributed by atoms with Crippen molar-refractivity contribution in [3.05, 3.63) is 95.7 Å². The van der Waals surface area contributed by atoms with Gasteiger partial charge in [0.2, 0.25) is 11.8 Å². The summed E-state index contributed by atoms with van der Waals surface area (Å²) in [7, 11) is 3.47. The maximum absolute atomic E-state index is 13.6. The molecule has 1 aliphatic carbocycles. The smallest absolute Gasteiger partial charge is 0.424 e. The topological polar surface area (TPSA) is 179 Å². The third-order valence-electron chi connectivity index (χ3n) is 10.5. The third-order valence-corrected chi connectivity index (χ3v) is 10.5. The predicted molar refractivity (Wildman–Crippen MR) is 247 cm³/mol. The van der Waals surface area contributed by atoms with Crippen molar-refractivity contribution in [1.82, 2.24) is 30.5 Å². The van der Waals surface area contributed by atoms with Crippen LogP contribution in [0.15, 0.2) is 78.9 Å². The number of nitrogens with one attached hydrogen (secondary N) is 3. The van der Waals surface area contributed by atoms with Gasteiger partial charge in [0.05, 0.1) is 33.0 Å². The van der Waals surface area contributed by atoms with Gasteiger partial charge in [-0.3, -0.25) is 14.4 Å². The van der Waals surface area contributed by atoms with Crippen molar-refractivity contribution in [3.8, 4) is 11.1 Å². The van der Waals surface area contributed by atoms with Gasteiger partial charge in [0.25, 0.3) is 0 Å². The SMILES string of the molecule is CN(Cc1cc2ccccc2n1CCC(=O)NC(CCC(=O)OC(C)(C)C)C(=O)NCCOCCOCCNC(=O)OC(C)(C)C)N(C)C(=O)OCC1c2ccccc2-c2ccccc21. The zero-order chi connectivity index (χ0) is 47.1. The van der Waals surface area contributed by atoms with Crippen LogP contribution < -0.4 is 16.0 Å². The molecule has 0 radical (unpaired) electrons. The largest absolute Gasteiger partial charge is 0.460 e. The first-order valence-electron chi connectivity index (χ1n) is 22.2. The molecule has 0 bridgehead atoms. The van der Waals surface area contributed by atoms with Gasteiger partial charge in [-0.25, -0.2) is 19.6 Å². The van der Waals surface area contributed by atoms with E-state index in [9.17, 15) is 24.0 Å². The van der Waals surface area contributed by atoms with E-state index in [0.29, 0.717) is 6.54 Å². The number of fused-ring (bicyclic) bond motifs is 4. The molecule has 5 rings (SSSR count). The summed E-state index contributed by atoms with van der Waals surface area (Å²) >= 11 is 0. The highest BCUT2D eigenvalue weighted by Gasteiger charge is 2.30. The highest BCUT2D eigenvalue weighted by molar-refractivity contribution is 5.88. The predicted octanol–water partition coefficient (Wildman–Crippen LogP) is 6.54. The van der Waals surface area contributed by atoms with Crippen LogP contribution in [0, 0.1) is 0 Å². The number of hydrogen-bond donors (Lipinski definition) is 3. The quantitative estimate of drug-likeness (QED) is 0.0338. The van der Waals surface area contributed by atoms with E-state index >= 15 is 0 Å². The summed E-state index contributed by atoms with van der Waals surface area (Å²) in [4.78, 5) is 64.8. The lowest BCUT2D eigenvalue weighted by Crippen LogP contribution is -2.48. The van der Waals surface area contributed by atoms with Crippen molar-refractivity contribution in [2.45, 2.75) is 97.1 Å². The minimum absolute atomic E-state index is 0.0310. The van der Waals surface area contributed by atoms with Crippen LogP contribution in [0.2, 0.25) is 0 Å². The number of hydrogen-bond acceptors (Lipinski definition) is 11. The molecule has 1 heterocycles. The molecule has 4 amide bonds. The lowest BCUT2D eigenvalue weighted by atomic mass is 9.98. The second-order valence-electron chi connectivity index (χ2n) is 17.9. The third kappa shape index (κ3) is 15.3. The molecule has 16 heteroatoms. The lowest BCUT2D eigenvalue weighted by molar-refractivity contribution is -0.155. The van der Waals surface area contributed by atoms with E-state index in [1.807, 2.05) is 59.2 Å². The Morgan fingerprint density at radius 1 is 0.723 bits per heavy atom. The van der Waals surface area contributed by atoms with Gasteiger partial charge in [-0.15, -0.1) is 0 Å². The molecule has 0 saturated carbocycles. The van der Waals surface area contributed by atoms with Crippen molar-refractivity contribution in [3.63, 3.8) is 0 Å². The molecule has 1 unspecified atom stereocenters. The summed E-state index contributed by atoms with van der Waals surface area (Å²) in [6.45, 7) is 12.9. The number of ether oxygens (including phenoxy) is 5. The number of para-hydroxylation sites is 1. The number of benzene rings is 3. The van der Waals surface area contributed by atoms with E-state index in [4.69, 9.17) is 23.7 Å². The number of aryl methyl sites for hydroxylation is 1. The summed E-state index contributed by atoms with van der Waals surface area (Å²) in [6, 6.07) is 25.3.